The van der Waals surface area contributed by atoms with Crippen LogP contribution in [0.5, 0.6) is 0 Å². The number of aliphatic hydroxyl groups excluding tert-OH is 10. The molecule has 0 aromatic heterocycles. The van der Waals surface area contributed by atoms with E-state index in [4.69, 9.17) is 28.4 Å². The number of aliphatic carboxylic acids is 1. The van der Waals surface area contributed by atoms with E-state index >= 15 is 0 Å². The largest absolute Gasteiger partial charge is 0.547 e. The van der Waals surface area contributed by atoms with Crippen LogP contribution in [0.1, 0.15) is 113 Å². The second-order valence-corrected chi connectivity index (χ2v) is 23.6. The molecule has 0 bridgehead atoms. The monoisotopic (exact) mass is 942 g/mol. The highest BCUT2D eigenvalue weighted by Crippen LogP contribution is 2.76. The molecule has 25 atom stereocenters. The maximum absolute atomic E-state index is 12.4. The van der Waals surface area contributed by atoms with Gasteiger partial charge in [-0.05, 0) is 104 Å². The number of hydrogen-bond acceptors (Lipinski definition) is 18. The molecule has 0 spiro atoms. The number of ether oxygens (including phenoxy) is 6. The topological polar surface area (TPSA) is 298 Å². The number of hydrogen-bond donors (Lipinski definition) is 10. The third kappa shape index (κ3) is 7.78. The van der Waals surface area contributed by atoms with Gasteiger partial charge >= 0.3 is 0 Å². The maximum Gasteiger partial charge on any atom is 0.187 e. The van der Waals surface area contributed by atoms with E-state index in [1.165, 1.54) is 12.5 Å². The Hall–Kier alpha value is -1.43. The summed E-state index contributed by atoms with van der Waals surface area (Å²) in [5.74, 6) is -1.43. The molecule has 18 nitrogen and oxygen atoms in total. The average Bonchev–Trinajstić information content (AvgIpc) is 3.25. The smallest absolute Gasteiger partial charge is 0.187 e. The third-order valence-electron chi connectivity index (χ3n) is 19.5. The zero-order valence-electron chi connectivity index (χ0n) is 39.6. The van der Waals surface area contributed by atoms with E-state index in [0.29, 0.717) is 12.8 Å². The molecule has 7 fully saturated rings. The number of carboxylic acids is 1. The predicted octanol–water partition coefficient (Wildman–Crippen LogP) is -0.630. The SMILES string of the molecule is C[C@@H]1O[C@@H](O[C@H]2[C@H](O[C@H]3[C@H](O[C@H]4CC[C@@]5(C)[C@@H](CC[C@]6(C)[C@@H]5CC=C5[C@@H]7CC(C)(C)C[C@@H](O)[C@]7(C)CC[C@]56C)[C@@]4(C)CO)O[C@H](C(=O)[O-])[C@@H](O)[C@@H]3O)O[C@H](CO)[C@H](O)[C@@H]2O)[C@H](O)[C@@H](O)[C@@H]1O. The van der Waals surface area contributed by atoms with E-state index in [9.17, 15) is 61.0 Å². The minimum atomic E-state index is -2.13. The Kier molecular flexibility index (Phi) is 13.7. The summed E-state index contributed by atoms with van der Waals surface area (Å²) in [6.07, 6.45) is -18.1. The zero-order chi connectivity index (χ0) is 48.4. The summed E-state index contributed by atoms with van der Waals surface area (Å²) in [6, 6.07) is 0. The normalized spacial score (nSPS) is 55.9. The van der Waals surface area contributed by atoms with Gasteiger partial charge in [0.05, 0.1) is 37.5 Å². The van der Waals surface area contributed by atoms with Crippen molar-refractivity contribution in [1.82, 2.24) is 0 Å². The number of carboxylic acid groups (broad SMARTS) is 1. The Balaban J connectivity index is 1.08. The second kappa shape index (κ2) is 17.7. The molecule has 66 heavy (non-hydrogen) atoms. The Bertz CT molecular complexity index is 1820. The summed E-state index contributed by atoms with van der Waals surface area (Å²) in [6.45, 7) is 16.3. The molecule has 10 N–H and O–H groups in total. The summed E-state index contributed by atoms with van der Waals surface area (Å²) in [4.78, 5) is 12.4. The molecule has 378 valence electrons. The predicted molar refractivity (Wildman–Crippen MR) is 228 cm³/mol. The van der Waals surface area contributed by atoms with E-state index in [1.54, 1.807) is 0 Å². The van der Waals surface area contributed by atoms with Gasteiger partial charge in [0.2, 0.25) is 0 Å². The first-order valence-electron chi connectivity index (χ1n) is 24.2. The van der Waals surface area contributed by atoms with Gasteiger partial charge in [-0.3, -0.25) is 0 Å². The number of allylic oxidation sites excluding steroid dienone is 2. The van der Waals surface area contributed by atoms with Gasteiger partial charge in [0.25, 0.3) is 0 Å². The van der Waals surface area contributed by atoms with Gasteiger partial charge in [-0.2, -0.15) is 0 Å². The van der Waals surface area contributed by atoms with E-state index in [1.807, 2.05) is 6.92 Å². The highest BCUT2D eigenvalue weighted by molar-refractivity contribution is 5.71. The molecular formula is C48H77O18-. The van der Waals surface area contributed by atoms with E-state index in [0.717, 1.165) is 44.9 Å². The van der Waals surface area contributed by atoms with Gasteiger partial charge in [-0.1, -0.05) is 60.1 Å². The highest BCUT2D eigenvalue weighted by atomic mass is 16.8. The Morgan fingerprint density at radius 2 is 1.32 bits per heavy atom. The Morgan fingerprint density at radius 3 is 1.95 bits per heavy atom. The van der Waals surface area contributed by atoms with Crippen molar-refractivity contribution in [1.29, 1.82) is 0 Å². The van der Waals surface area contributed by atoms with Crippen LogP contribution >= 0.6 is 0 Å². The first-order valence-corrected chi connectivity index (χ1v) is 24.2. The van der Waals surface area contributed by atoms with Crippen LogP contribution in [0.3, 0.4) is 0 Å². The van der Waals surface area contributed by atoms with Gasteiger partial charge in [0.15, 0.2) is 18.9 Å². The van der Waals surface area contributed by atoms with E-state index < -0.39 is 116 Å². The summed E-state index contributed by atoms with van der Waals surface area (Å²) in [7, 11) is 0. The minimum absolute atomic E-state index is 0.0131. The number of aliphatic hydroxyl groups is 10. The molecule has 3 heterocycles. The molecule has 0 unspecified atom stereocenters. The molecule has 0 aromatic rings. The lowest BCUT2D eigenvalue weighted by molar-refractivity contribution is -0.402. The first-order chi connectivity index (χ1) is 30.7. The van der Waals surface area contributed by atoms with Crippen molar-refractivity contribution in [2.24, 2.45) is 50.2 Å². The third-order valence-corrected chi connectivity index (χ3v) is 19.5. The van der Waals surface area contributed by atoms with Crippen molar-refractivity contribution in [3.8, 4) is 0 Å². The molecule has 8 aliphatic rings. The van der Waals surface area contributed by atoms with Crippen molar-refractivity contribution < 1.29 is 89.4 Å². The van der Waals surface area contributed by atoms with Crippen LogP contribution in [-0.2, 0) is 33.2 Å². The summed E-state index contributed by atoms with van der Waals surface area (Å²) in [5.41, 5.74) is -0.105. The van der Waals surface area contributed by atoms with Crippen LogP contribution in [0, 0.1) is 50.2 Å². The van der Waals surface area contributed by atoms with Crippen LogP contribution in [0.2, 0.25) is 0 Å². The molecule has 0 aromatic carbocycles. The fourth-order valence-electron chi connectivity index (χ4n) is 15.1. The van der Waals surface area contributed by atoms with Crippen molar-refractivity contribution in [3.05, 3.63) is 11.6 Å². The fraction of sp³-hybridized carbons (Fsp3) is 0.938. The van der Waals surface area contributed by atoms with Crippen LogP contribution in [-0.4, -0.2) is 175 Å². The maximum atomic E-state index is 12.4. The lowest BCUT2D eigenvalue weighted by Gasteiger charge is -2.72. The molecule has 3 aliphatic heterocycles. The fourth-order valence-corrected chi connectivity index (χ4v) is 15.1. The molecule has 0 radical (unpaired) electrons. The van der Waals surface area contributed by atoms with Gasteiger partial charge in [-0.25, -0.2) is 0 Å². The summed E-state index contributed by atoms with van der Waals surface area (Å²) < 4.78 is 36.1. The standard InChI is InChI=1S/C48H78O18/c1-21-29(52)31(54)35(58)40(61-21)65-37-32(55)30(53)24(19-49)62-41(37)66-38-34(57)33(56)36(39(59)60)64-42(38)63-28-12-13-45(5)25(46(28,6)20-50)11-14-48(8)26(45)10-9-22-23-17-43(2,3)18-27(51)44(23,4)15-16-47(22,48)7/h9,21,23-38,40-42,49-58H,10-20H2,1-8H3,(H,59,60)/p-1/t21-,23-,24+,25+,26+,27+,28-,29+,30-,31-,32-,33-,34-,35+,36-,37+,38+,40-,41-,42+,44+,45-,46+,47+,48+/m0/s1. The van der Waals surface area contributed by atoms with Gasteiger partial charge < -0.3 is 89.4 Å². The number of fused-ring (bicyclic) bond motifs is 7. The van der Waals surface area contributed by atoms with Crippen LogP contribution in [0.25, 0.3) is 0 Å². The van der Waals surface area contributed by atoms with E-state index in [2.05, 4.69) is 47.6 Å². The lowest BCUT2D eigenvalue weighted by atomic mass is 9.33. The molecule has 3 saturated heterocycles. The number of carbonyl (C=O) groups is 1. The molecule has 5 aliphatic carbocycles. The minimum Gasteiger partial charge on any atom is -0.547 e. The van der Waals surface area contributed by atoms with Crippen LogP contribution in [0.4, 0.5) is 0 Å². The van der Waals surface area contributed by atoms with E-state index in [-0.39, 0.29) is 57.5 Å². The highest BCUT2D eigenvalue weighted by Gasteiger charge is 2.70. The van der Waals surface area contributed by atoms with Crippen LogP contribution < -0.4 is 5.11 Å². The lowest BCUT2D eigenvalue weighted by Crippen LogP contribution is -2.69. The molecule has 4 saturated carbocycles. The van der Waals surface area contributed by atoms with Crippen LogP contribution in [0.15, 0.2) is 11.6 Å². The molecule has 8 rings (SSSR count). The number of rotatable bonds is 9. The zero-order valence-corrected chi connectivity index (χ0v) is 39.6. The van der Waals surface area contributed by atoms with Crippen molar-refractivity contribution in [2.75, 3.05) is 13.2 Å². The Labute approximate surface area is 387 Å². The van der Waals surface area contributed by atoms with Crippen molar-refractivity contribution >= 4 is 5.97 Å². The molecular weight excluding hydrogens is 865 g/mol. The quantitative estimate of drug-likeness (QED) is 0.102. The number of carbonyl (C=O) groups excluding carboxylic acids is 1. The van der Waals surface area contributed by atoms with Crippen molar-refractivity contribution in [3.63, 3.8) is 0 Å². The van der Waals surface area contributed by atoms with Gasteiger partial charge in [0.1, 0.15) is 67.1 Å². The summed E-state index contributed by atoms with van der Waals surface area (Å²) in [5, 5.41) is 122. The first kappa shape index (κ1) is 50.9. The average molecular weight is 942 g/mol. The summed E-state index contributed by atoms with van der Waals surface area (Å²) >= 11 is 0. The van der Waals surface area contributed by atoms with Gasteiger partial charge in [-0.15, -0.1) is 0 Å². The van der Waals surface area contributed by atoms with Gasteiger partial charge in [0, 0.05) is 10.8 Å². The van der Waals surface area contributed by atoms with Crippen molar-refractivity contribution in [2.45, 2.75) is 218 Å². The molecule has 18 heteroatoms. The Morgan fingerprint density at radius 1 is 0.682 bits per heavy atom. The molecule has 0 amide bonds. The second-order valence-electron chi connectivity index (χ2n) is 23.6.